The van der Waals surface area contributed by atoms with Crippen molar-refractivity contribution in [3.8, 4) is 0 Å². The predicted molar refractivity (Wildman–Crippen MR) is 59.3 cm³/mol. The monoisotopic (exact) mass is 194 g/mol. The summed E-state index contributed by atoms with van der Waals surface area (Å²) in [6, 6.07) is 8.06. The first kappa shape index (κ1) is 10.4. The van der Waals surface area contributed by atoms with Crippen molar-refractivity contribution in [3.63, 3.8) is 0 Å². The number of aryl methyl sites for hydroxylation is 1. The van der Waals surface area contributed by atoms with Crippen molar-refractivity contribution >= 4 is 17.6 Å². The second-order valence-electron chi connectivity index (χ2n) is 3.56. The third-order valence-corrected chi connectivity index (χ3v) is 2.79. The minimum atomic E-state index is -0.388. The largest absolute Gasteiger partial charge is 0.395 e. The molecule has 0 heterocycles. The molecule has 2 heteroatoms. The summed E-state index contributed by atoms with van der Waals surface area (Å²) in [7, 11) is 0. The number of hydrogen-bond donors (Lipinski definition) is 1. The number of rotatable bonds is 3. The average molecular weight is 194 g/mol. The van der Waals surface area contributed by atoms with Crippen molar-refractivity contribution in [1.82, 2.24) is 0 Å². The molecule has 1 aromatic rings. The van der Waals surface area contributed by atoms with Crippen LogP contribution in [0.5, 0.6) is 0 Å². The summed E-state index contributed by atoms with van der Waals surface area (Å²) in [6.45, 7) is 4.03. The van der Waals surface area contributed by atoms with E-state index in [1.807, 2.05) is 32.0 Å². The topological polar surface area (TPSA) is 20.2 Å². The first-order valence-corrected chi connectivity index (χ1v) is 4.74. The molecular weight excluding hydrogens is 180 g/mol. The summed E-state index contributed by atoms with van der Waals surface area (Å²) in [5, 5.41) is 10.9. The average Bonchev–Trinajstić information content (AvgIpc) is 2.17. The highest BCUT2D eigenvalue weighted by atomic mass is 32.1. The molecule has 0 aromatic heterocycles. The van der Waals surface area contributed by atoms with Gasteiger partial charge in [-0.1, -0.05) is 42.0 Å². The van der Waals surface area contributed by atoms with E-state index in [9.17, 15) is 5.11 Å². The van der Waals surface area contributed by atoms with Crippen molar-refractivity contribution in [1.29, 1.82) is 0 Å². The Balaban J connectivity index is 3.12. The lowest BCUT2D eigenvalue weighted by Crippen LogP contribution is -2.27. The maximum atomic E-state index is 9.23. The third kappa shape index (κ3) is 2.14. The van der Waals surface area contributed by atoms with Crippen LogP contribution in [0.4, 0.5) is 0 Å². The molecule has 1 N–H and O–H groups in total. The van der Waals surface area contributed by atoms with Gasteiger partial charge in [-0.05, 0) is 24.8 Å². The van der Waals surface area contributed by atoms with Crippen LogP contribution in [-0.2, 0) is 5.41 Å². The van der Waals surface area contributed by atoms with Crippen LogP contribution in [0.1, 0.15) is 18.1 Å². The Hall–Kier alpha value is -0.730. The standard InChI is InChI=1S/C11H14OS/c1-9-4-3-5-10(6-9)11(2,7-12)8-13/h3-6,8,12H,7H2,1-2H3/t11-/m1/s1. The van der Waals surface area contributed by atoms with Gasteiger partial charge in [0.05, 0.1) is 6.61 Å². The highest BCUT2D eigenvalue weighted by Gasteiger charge is 2.22. The summed E-state index contributed by atoms with van der Waals surface area (Å²) in [5.41, 5.74) is 1.88. The van der Waals surface area contributed by atoms with Crippen LogP contribution in [0.25, 0.3) is 0 Å². The molecule has 1 atom stereocenters. The molecule has 0 spiro atoms. The van der Waals surface area contributed by atoms with Crippen LogP contribution in [0.15, 0.2) is 24.3 Å². The van der Waals surface area contributed by atoms with Gasteiger partial charge in [-0.25, -0.2) is 0 Å². The van der Waals surface area contributed by atoms with E-state index in [-0.39, 0.29) is 12.0 Å². The first-order chi connectivity index (χ1) is 6.12. The van der Waals surface area contributed by atoms with Crippen LogP contribution < -0.4 is 0 Å². The van der Waals surface area contributed by atoms with Gasteiger partial charge in [0, 0.05) is 5.41 Å². The van der Waals surface area contributed by atoms with Gasteiger partial charge in [0.1, 0.15) is 0 Å². The fraction of sp³-hybridized carbons (Fsp3) is 0.364. The molecule has 1 aromatic carbocycles. The lowest BCUT2D eigenvalue weighted by molar-refractivity contribution is 0.250. The lowest BCUT2D eigenvalue weighted by atomic mass is 9.85. The van der Waals surface area contributed by atoms with Gasteiger partial charge in [0.15, 0.2) is 0 Å². The van der Waals surface area contributed by atoms with Gasteiger partial charge in [0.25, 0.3) is 0 Å². The van der Waals surface area contributed by atoms with E-state index < -0.39 is 0 Å². The number of benzene rings is 1. The van der Waals surface area contributed by atoms with Gasteiger partial charge >= 0.3 is 0 Å². The molecule has 0 bridgehead atoms. The van der Waals surface area contributed by atoms with E-state index >= 15 is 0 Å². The van der Waals surface area contributed by atoms with Crippen LogP contribution in [0, 0.1) is 6.92 Å². The quantitative estimate of drug-likeness (QED) is 0.745. The molecule has 0 radical (unpaired) electrons. The van der Waals surface area contributed by atoms with E-state index in [2.05, 4.69) is 6.07 Å². The van der Waals surface area contributed by atoms with Gasteiger partial charge in [-0.3, -0.25) is 0 Å². The highest BCUT2D eigenvalue weighted by molar-refractivity contribution is 7.79. The van der Waals surface area contributed by atoms with Crippen molar-refractivity contribution in [2.24, 2.45) is 0 Å². The second kappa shape index (κ2) is 3.99. The molecule has 0 amide bonds. The Morgan fingerprint density at radius 3 is 2.69 bits per heavy atom. The Bertz CT molecular complexity index is 309. The maximum Gasteiger partial charge on any atom is 0.0568 e. The normalized spacial score (nSPS) is 15.0. The summed E-state index contributed by atoms with van der Waals surface area (Å²) in [4.78, 5) is 0. The molecular formula is C11H14OS. The molecule has 0 aliphatic rings. The Labute approximate surface area is 84.4 Å². The minimum absolute atomic E-state index is 0.0555. The Morgan fingerprint density at radius 1 is 1.54 bits per heavy atom. The minimum Gasteiger partial charge on any atom is -0.395 e. The molecule has 0 saturated heterocycles. The van der Waals surface area contributed by atoms with E-state index in [1.165, 1.54) is 5.56 Å². The van der Waals surface area contributed by atoms with Crippen LogP contribution in [-0.4, -0.2) is 17.1 Å². The van der Waals surface area contributed by atoms with Crippen LogP contribution in [0.2, 0.25) is 0 Å². The lowest BCUT2D eigenvalue weighted by Gasteiger charge is -2.22. The Kier molecular flexibility index (Phi) is 3.17. The van der Waals surface area contributed by atoms with Crippen molar-refractivity contribution < 1.29 is 5.11 Å². The van der Waals surface area contributed by atoms with Gasteiger partial charge in [-0.15, -0.1) is 0 Å². The van der Waals surface area contributed by atoms with Crippen molar-refractivity contribution in [2.45, 2.75) is 19.3 Å². The fourth-order valence-electron chi connectivity index (χ4n) is 1.20. The summed E-state index contributed by atoms with van der Waals surface area (Å²) in [6.07, 6.45) is 0. The second-order valence-corrected chi connectivity index (χ2v) is 3.80. The number of thiocarbonyl (C=S) groups is 1. The molecule has 0 fully saturated rings. The molecule has 1 rings (SSSR count). The summed E-state index contributed by atoms with van der Waals surface area (Å²) >= 11 is 4.93. The third-order valence-electron chi connectivity index (χ3n) is 2.27. The number of hydrogen-bond acceptors (Lipinski definition) is 2. The van der Waals surface area contributed by atoms with Gasteiger partial charge < -0.3 is 5.11 Å². The molecule has 70 valence electrons. The maximum absolute atomic E-state index is 9.23. The fourth-order valence-corrected chi connectivity index (χ4v) is 1.41. The molecule has 0 aliphatic carbocycles. The SMILES string of the molecule is Cc1cccc([C@@](C)(C=S)CO)c1. The van der Waals surface area contributed by atoms with Crippen LogP contribution in [0.3, 0.4) is 0 Å². The zero-order chi connectivity index (χ0) is 9.90. The van der Waals surface area contributed by atoms with Crippen molar-refractivity contribution in [3.05, 3.63) is 35.4 Å². The zero-order valence-corrected chi connectivity index (χ0v) is 8.77. The van der Waals surface area contributed by atoms with Crippen LogP contribution >= 0.6 is 12.2 Å². The summed E-state index contributed by atoms with van der Waals surface area (Å²) < 4.78 is 0. The van der Waals surface area contributed by atoms with Crippen molar-refractivity contribution in [2.75, 3.05) is 6.61 Å². The van der Waals surface area contributed by atoms with E-state index in [1.54, 1.807) is 5.37 Å². The smallest absolute Gasteiger partial charge is 0.0568 e. The number of aliphatic hydroxyl groups excluding tert-OH is 1. The molecule has 0 saturated carbocycles. The predicted octanol–water partition coefficient (Wildman–Crippen LogP) is 2.24. The Morgan fingerprint density at radius 2 is 2.23 bits per heavy atom. The van der Waals surface area contributed by atoms with Gasteiger partial charge in [-0.2, -0.15) is 0 Å². The first-order valence-electron chi connectivity index (χ1n) is 4.27. The van der Waals surface area contributed by atoms with E-state index in [0.717, 1.165) is 5.56 Å². The molecule has 0 aliphatic heterocycles. The van der Waals surface area contributed by atoms with Gasteiger partial charge in [0.2, 0.25) is 0 Å². The van der Waals surface area contributed by atoms with E-state index in [4.69, 9.17) is 12.2 Å². The molecule has 1 nitrogen and oxygen atoms in total. The van der Waals surface area contributed by atoms with E-state index in [0.29, 0.717) is 0 Å². The number of aliphatic hydroxyl groups is 1. The highest BCUT2D eigenvalue weighted by Crippen LogP contribution is 2.21. The summed E-state index contributed by atoms with van der Waals surface area (Å²) in [5.74, 6) is 0. The zero-order valence-electron chi connectivity index (χ0n) is 7.95. The molecule has 13 heavy (non-hydrogen) atoms. The molecule has 0 unspecified atom stereocenters.